The van der Waals surface area contributed by atoms with Crippen molar-refractivity contribution in [2.75, 3.05) is 0 Å². The molecule has 27 heavy (non-hydrogen) atoms. The van der Waals surface area contributed by atoms with Gasteiger partial charge in [-0.25, -0.2) is 9.67 Å². The summed E-state index contributed by atoms with van der Waals surface area (Å²) in [6.45, 7) is 4.13. The van der Waals surface area contributed by atoms with Crippen LogP contribution in [0.5, 0.6) is 0 Å². The van der Waals surface area contributed by atoms with Crippen LogP contribution in [0.1, 0.15) is 16.7 Å². The molecule has 0 radical (unpaired) electrons. The lowest BCUT2D eigenvalue weighted by molar-refractivity contribution is 0.871. The maximum atomic E-state index is 12.5. The number of hydrogen-bond donors (Lipinski definition) is 1. The Morgan fingerprint density at radius 2 is 1.89 bits per heavy atom. The predicted octanol–water partition coefficient (Wildman–Crippen LogP) is 4.78. The maximum absolute atomic E-state index is 12.5. The van der Waals surface area contributed by atoms with E-state index in [0.717, 1.165) is 21.5 Å². The van der Waals surface area contributed by atoms with Crippen LogP contribution in [0.2, 0.25) is 0 Å². The Kier molecular flexibility index (Phi) is 4.88. The zero-order valence-corrected chi connectivity index (χ0v) is 17.3. The van der Waals surface area contributed by atoms with Crippen molar-refractivity contribution >= 4 is 38.7 Å². The third-order valence-electron chi connectivity index (χ3n) is 4.44. The maximum Gasteiger partial charge on any atom is 0.262 e. The number of thioether (sulfide) groups is 1. The summed E-state index contributed by atoms with van der Waals surface area (Å²) >= 11 is 4.94. The molecule has 0 fully saturated rings. The standard InChI is InChI=1S/C20H17BrN4OS/c1-12-3-8-16(9-13(12)2)25-18-17(10-22-25)19(26)24-20(23-18)27-11-14-4-6-15(21)7-5-14/h3-10H,11H2,1-2H3,(H,23,24,26). The van der Waals surface area contributed by atoms with E-state index in [0.29, 0.717) is 16.2 Å². The first-order valence-electron chi connectivity index (χ1n) is 8.44. The minimum absolute atomic E-state index is 0.173. The van der Waals surface area contributed by atoms with Gasteiger partial charge in [-0.1, -0.05) is 45.9 Å². The van der Waals surface area contributed by atoms with Gasteiger partial charge in [-0.05, 0) is 54.8 Å². The lowest BCUT2D eigenvalue weighted by atomic mass is 10.1. The van der Waals surface area contributed by atoms with Crippen LogP contribution in [0.15, 0.2) is 63.1 Å². The minimum Gasteiger partial charge on any atom is -0.301 e. The Balaban J connectivity index is 1.70. The minimum atomic E-state index is -0.173. The van der Waals surface area contributed by atoms with Gasteiger partial charge in [-0.3, -0.25) is 4.79 Å². The fourth-order valence-electron chi connectivity index (χ4n) is 2.75. The average molecular weight is 441 g/mol. The van der Waals surface area contributed by atoms with Crippen molar-refractivity contribution in [2.45, 2.75) is 24.8 Å². The molecule has 0 unspecified atom stereocenters. The Morgan fingerprint density at radius 3 is 2.63 bits per heavy atom. The number of aromatic amines is 1. The topological polar surface area (TPSA) is 63.6 Å². The van der Waals surface area contributed by atoms with Crippen LogP contribution in [0, 0.1) is 13.8 Å². The molecule has 2 aromatic heterocycles. The Labute approximate surface area is 169 Å². The number of H-pyrrole nitrogens is 1. The number of nitrogens with one attached hydrogen (secondary N) is 1. The zero-order chi connectivity index (χ0) is 19.0. The molecular formula is C20H17BrN4OS. The number of aromatic nitrogens is 4. The molecule has 7 heteroatoms. The van der Waals surface area contributed by atoms with Gasteiger partial charge in [0.2, 0.25) is 0 Å². The molecule has 0 spiro atoms. The molecule has 0 aliphatic carbocycles. The average Bonchev–Trinajstić information content (AvgIpc) is 3.08. The molecule has 4 aromatic rings. The number of aryl methyl sites for hydroxylation is 2. The summed E-state index contributed by atoms with van der Waals surface area (Å²) in [5, 5.41) is 5.46. The van der Waals surface area contributed by atoms with Gasteiger partial charge in [-0.15, -0.1) is 0 Å². The van der Waals surface area contributed by atoms with Gasteiger partial charge in [0.1, 0.15) is 5.39 Å². The molecule has 0 atom stereocenters. The molecule has 2 heterocycles. The summed E-state index contributed by atoms with van der Waals surface area (Å²) in [5.74, 6) is 0.722. The molecule has 136 valence electrons. The number of nitrogens with zero attached hydrogens (tertiary/aromatic N) is 3. The van der Waals surface area contributed by atoms with E-state index < -0.39 is 0 Å². The number of hydrogen-bond acceptors (Lipinski definition) is 4. The van der Waals surface area contributed by atoms with Crippen LogP contribution in [-0.4, -0.2) is 19.7 Å². The summed E-state index contributed by atoms with van der Waals surface area (Å²) in [5.41, 5.74) is 4.84. The highest BCUT2D eigenvalue weighted by Crippen LogP contribution is 2.23. The van der Waals surface area contributed by atoms with Crippen LogP contribution >= 0.6 is 27.7 Å². The molecule has 5 nitrogen and oxygen atoms in total. The second kappa shape index (κ2) is 7.32. The molecule has 0 aliphatic rings. The van der Waals surface area contributed by atoms with Crippen LogP contribution in [0.3, 0.4) is 0 Å². The first-order chi connectivity index (χ1) is 13.0. The van der Waals surface area contributed by atoms with Gasteiger partial charge in [0.05, 0.1) is 11.9 Å². The first-order valence-corrected chi connectivity index (χ1v) is 10.2. The summed E-state index contributed by atoms with van der Waals surface area (Å²) in [6, 6.07) is 14.2. The second-order valence-electron chi connectivity index (χ2n) is 6.35. The lowest BCUT2D eigenvalue weighted by Gasteiger charge is -2.07. The van der Waals surface area contributed by atoms with Gasteiger partial charge < -0.3 is 4.98 Å². The van der Waals surface area contributed by atoms with Crippen molar-refractivity contribution < 1.29 is 0 Å². The third-order valence-corrected chi connectivity index (χ3v) is 5.91. The van der Waals surface area contributed by atoms with E-state index in [1.165, 1.54) is 22.9 Å². The fourth-order valence-corrected chi connectivity index (χ4v) is 3.82. The van der Waals surface area contributed by atoms with E-state index in [-0.39, 0.29) is 5.56 Å². The molecule has 0 aliphatic heterocycles. The molecular weight excluding hydrogens is 424 g/mol. The Morgan fingerprint density at radius 1 is 1.11 bits per heavy atom. The van der Waals surface area contributed by atoms with Crippen molar-refractivity contribution in [2.24, 2.45) is 0 Å². The van der Waals surface area contributed by atoms with E-state index in [1.54, 1.807) is 10.9 Å². The molecule has 0 amide bonds. The zero-order valence-electron chi connectivity index (χ0n) is 14.9. The third kappa shape index (κ3) is 3.70. The largest absolute Gasteiger partial charge is 0.301 e. The van der Waals surface area contributed by atoms with E-state index in [2.05, 4.69) is 57.0 Å². The first kappa shape index (κ1) is 18.0. The van der Waals surface area contributed by atoms with Crippen LogP contribution in [0.25, 0.3) is 16.7 Å². The highest BCUT2D eigenvalue weighted by atomic mass is 79.9. The van der Waals surface area contributed by atoms with Gasteiger partial charge >= 0.3 is 0 Å². The summed E-state index contributed by atoms with van der Waals surface area (Å²) in [4.78, 5) is 20.0. The lowest BCUT2D eigenvalue weighted by Crippen LogP contribution is -2.10. The molecule has 0 bridgehead atoms. The number of rotatable bonds is 4. The second-order valence-corrected chi connectivity index (χ2v) is 8.23. The normalized spacial score (nSPS) is 11.2. The summed E-state index contributed by atoms with van der Waals surface area (Å²) < 4.78 is 2.77. The number of benzene rings is 2. The Hall–Kier alpha value is -2.38. The van der Waals surface area contributed by atoms with Crippen molar-refractivity contribution in [3.05, 3.63) is 80.2 Å². The summed E-state index contributed by atoms with van der Waals surface area (Å²) in [6.07, 6.45) is 1.57. The molecule has 4 rings (SSSR count). The van der Waals surface area contributed by atoms with Gasteiger partial charge in [0, 0.05) is 10.2 Å². The van der Waals surface area contributed by atoms with Crippen molar-refractivity contribution in [1.29, 1.82) is 0 Å². The van der Waals surface area contributed by atoms with Crippen molar-refractivity contribution in [3.63, 3.8) is 0 Å². The highest BCUT2D eigenvalue weighted by molar-refractivity contribution is 9.10. The Bertz CT molecular complexity index is 1180. The van der Waals surface area contributed by atoms with Crippen LogP contribution in [0.4, 0.5) is 0 Å². The van der Waals surface area contributed by atoms with E-state index >= 15 is 0 Å². The molecule has 2 aromatic carbocycles. The van der Waals surface area contributed by atoms with Crippen molar-refractivity contribution in [1.82, 2.24) is 19.7 Å². The number of halogens is 1. The molecule has 0 saturated heterocycles. The van der Waals surface area contributed by atoms with E-state index in [1.807, 2.05) is 30.3 Å². The quantitative estimate of drug-likeness (QED) is 0.366. The van der Waals surface area contributed by atoms with E-state index in [9.17, 15) is 4.79 Å². The number of fused-ring (bicyclic) bond motifs is 1. The van der Waals surface area contributed by atoms with Crippen LogP contribution in [-0.2, 0) is 5.75 Å². The molecule has 1 N–H and O–H groups in total. The smallest absolute Gasteiger partial charge is 0.262 e. The van der Waals surface area contributed by atoms with Crippen molar-refractivity contribution in [3.8, 4) is 5.69 Å². The highest BCUT2D eigenvalue weighted by Gasteiger charge is 2.12. The van der Waals surface area contributed by atoms with E-state index in [4.69, 9.17) is 0 Å². The fraction of sp³-hybridized carbons (Fsp3) is 0.150. The van der Waals surface area contributed by atoms with Gasteiger partial charge in [0.25, 0.3) is 5.56 Å². The monoisotopic (exact) mass is 440 g/mol. The SMILES string of the molecule is Cc1ccc(-n2ncc3c(=O)[nH]c(SCc4ccc(Br)cc4)nc32)cc1C. The molecule has 0 saturated carbocycles. The van der Waals surface area contributed by atoms with Gasteiger partial charge in [-0.2, -0.15) is 5.10 Å². The summed E-state index contributed by atoms with van der Waals surface area (Å²) in [7, 11) is 0. The predicted molar refractivity (Wildman–Crippen MR) is 113 cm³/mol. The van der Waals surface area contributed by atoms with Crippen LogP contribution < -0.4 is 5.56 Å². The van der Waals surface area contributed by atoms with Gasteiger partial charge in [0.15, 0.2) is 10.8 Å².